The summed E-state index contributed by atoms with van der Waals surface area (Å²) in [4.78, 5) is 9.14. The summed E-state index contributed by atoms with van der Waals surface area (Å²) >= 11 is 0. The first-order valence-corrected chi connectivity index (χ1v) is 7.85. The van der Waals surface area contributed by atoms with Crippen LogP contribution in [0.1, 0.15) is 11.1 Å². The lowest BCUT2D eigenvalue weighted by molar-refractivity contribution is 0.619. The minimum absolute atomic E-state index is 0.646. The Morgan fingerprint density at radius 3 is 2.54 bits per heavy atom. The number of benzene rings is 3. The number of hydrogen-bond acceptors (Lipinski definition) is 3. The molecule has 0 fully saturated rings. The van der Waals surface area contributed by atoms with Crippen LogP contribution in [-0.2, 0) is 0 Å². The van der Waals surface area contributed by atoms with Crippen LogP contribution >= 0.6 is 0 Å². The smallest absolute Gasteiger partial charge is 0.227 e. The van der Waals surface area contributed by atoms with Gasteiger partial charge in [-0.15, -0.1) is 0 Å². The molecule has 1 aromatic heterocycles. The Hall–Kier alpha value is -3.20. The summed E-state index contributed by atoms with van der Waals surface area (Å²) in [5.74, 6) is 0.646. The monoisotopic (exact) mass is 312 g/mol. The quantitative estimate of drug-likeness (QED) is 0.465. The molecule has 0 aliphatic rings. The lowest BCUT2D eigenvalue weighted by atomic mass is 10.1. The minimum atomic E-state index is 0.646. The van der Waals surface area contributed by atoms with Crippen molar-refractivity contribution in [3.63, 3.8) is 0 Å². The van der Waals surface area contributed by atoms with Crippen LogP contribution in [0.15, 0.2) is 82.2 Å². The maximum Gasteiger partial charge on any atom is 0.227 e. The molecule has 0 bridgehead atoms. The first kappa shape index (κ1) is 14.4. The number of fused-ring (bicyclic) bond motifs is 1. The van der Waals surface area contributed by atoms with Crippen molar-refractivity contribution < 1.29 is 4.42 Å². The summed E-state index contributed by atoms with van der Waals surface area (Å²) in [5.41, 5.74) is 5.67. The second kappa shape index (κ2) is 6.13. The molecule has 3 nitrogen and oxygen atoms in total. The predicted molar refractivity (Wildman–Crippen MR) is 97.9 cm³/mol. The Balaban J connectivity index is 1.69. The van der Waals surface area contributed by atoms with Crippen molar-refractivity contribution >= 4 is 23.0 Å². The number of aryl methyl sites for hydroxylation is 1. The van der Waals surface area contributed by atoms with Gasteiger partial charge in [0.05, 0.1) is 5.69 Å². The van der Waals surface area contributed by atoms with Gasteiger partial charge in [-0.05, 0) is 42.3 Å². The number of hydrogen-bond donors (Lipinski definition) is 0. The van der Waals surface area contributed by atoms with E-state index in [-0.39, 0.29) is 0 Å². The molecule has 0 N–H and O–H groups in total. The first-order valence-electron chi connectivity index (χ1n) is 7.85. The van der Waals surface area contributed by atoms with Gasteiger partial charge in [0.2, 0.25) is 5.89 Å². The summed E-state index contributed by atoms with van der Waals surface area (Å²) < 4.78 is 5.89. The fourth-order valence-corrected chi connectivity index (χ4v) is 2.61. The Labute approximate surface area is 140 Å². The number of aliphatic imine (C=N–C) groups is 1. The molecular formula is C21H16N2O. The summed E-state index contributed by atoms with van der Waals surface area (Å²) in [5, 5.41) is 0. The molecule has 116 valence electrons. The van der Waals surface area contributed by atoms with Gasteiger partial charge in [-0.25, -0.2) is 4.98 Å². The van der Waals surface area contributed by atoms with Crippen LogP contribution < -0.4 is 0 Å². The zero-order chi connectivity index (χ0) is 16.4. The maximum atomic E-state index is 5.89. The summed E-state index contributed by atoms with van der Waals surface area (Å²) in [7, 11) is 0. The Morgan fingerprint density at radius 1 is 0.917 bits per heavy atom. The molecule has 0 aliphatic carbocycles. The van der Waals surface area contributed by atoms with Gasteiger partial charge in [0, 0.05) is 11.8 Å². The van der Waals surface area contributed by atoms with Gasteiger partial charge in [-0.2, -0.15) is 0 Å². The molecule has 0 amide bonds. The minimum Gasteiger partial charge on any atom is -0.436 e. The lowest BCUT2D eigenvalue weighted by Gasteiger charge is -1.98. The molecule has 0 atom stereocenters. The highest BCUT2D eigenvalue weighted by atomic mass is 16.3. The molecule has 4 rings (SSSR count). The van der Waals surface area contributed by atoms with Crippen molar-refractivity contribution in [3.05, 3.63) is 83.9 Å². The first-order chi connectivity index (χ1) is 11.8. The van der Waals surface area contributed by atoms with Crippen LogP contribution in [0.25, 0.3) is 22.6 Å². The van der Waals surface area contributed by atoms with Crippen molar-refractivity contribution in [1.29, 1.82) is 0 Å². The lowest BCUT2D eigenvalue weighted by Crippen LogP contribution is -1.81. The zero-order valence-corrected chi connectivity index (χ0v) is 13.3. The molecule has 4 aromatic rings. The highest BCUT2D eigenvalue weighted by Crippen LogP contribution is 2.28. The van der Waals surface area contributed by atoms with E-state index in [2.05, 4.69) is 23.0 Å². The Bertz CT molecular complexity index is 1020. The number of oxazole rings is 1. The van der Waals surface area contributed by atoms with Crippen molar-refractivity contribution in [3.8, 4) is 11.5 Å². The van der Waals surface area contributed by atoms with Crippen LogP contribution in [0.4, 0.5) is 5.69 Å². The fraction of sp³-hybridized carbons (Fsp3) is 0.0476. The van der Waals surface area contributed by atoms with Gasteiger partial charge in [0.15, 0.2) is 5.58 Å². The van der Waals surface area contributed by atoms with Gasteiger partial charge in [-0.3, -0.25) is 4.99 Å². The molecule has 3 aromatic carbocycles. The average molecular weight is 312 g/mol. The van der Waals surface area contributed by atoms with Crippen molar-refractivity contribution in [2.45, 2.75) is 6.92 Å². The molecule has 1 heterocycles. The van der Waals surface area contributed by atoms with Crippen LogP contribution in [0.2, 0.25) is 0 Å². The van der Waals surface area contributed by atoms with Crippen LogP contribution in [0.3, 0.4) is 0 Å². The molecular weight excluding hydrogens is 296 g/mol. The van der Waals surface area contributed by atoms with E-state index in [0.717, 1.165) is 33.5 Å². The Morgan fingerprint density at radius 2 is 1.71 bits per heavy atom. The molecule has 3 heteroatoms. The van der Waals surface area contributed by atoms with E-state index in [0.29, 0.717) is 5.89 Å². The molecule has 0 radical (unpaired) electrons. The third-order valence-electron chi connectivity index (χ3n) is 3.91. The zero-order valence-electron chi connectivity index (χ0n) is 13.3. The van der Waals surface area contributed by atoms with Crippen LogP contribution in [0.5, 0.6) is 0 Å². The van der Waals surface area contributed by atoms with E-state index in [4.69, 9.17) is 4.42 Å². The van der Waals surface area contributed by atoms with E-state index < -0.39 is 0 Å². The molecule has 0 saturated carbocycles. The second-order valence-corrected chi connectivity index (χ2v) is 5.65. The molecule has 0 saturated heterocycles. The van der Waals surface area contributed by atoms with E-state index in [1.807, 2.05) is 72.9 Å². The molecule has 0 spiro atoms. The highest BCUT2D eigenvalue weighted by molar-refractivity contribution is 5.84. The van der Waals surface area contributed by atoms with E-state index in [9.17, 15) is 0 Å². The number of nitrogens with zero attached hydrogens (tertiary/aromatic N) is 2. The molecule has 0 aliphatic heterocycles. The molecule has 0 unspecified atom stereocenters. The topological polar surface area (TPSA) is 38.4 Å². The average Bonchev–Trinajstić information content (AvgIpc) is 3.04. The second-order valence-electron chi connectivity index (χ2n) is 5.65. The van der Waals surface area contributed by atoms with E-state index in [1.165, 1.54) is 0 Å². The van der Waals surface area contributed by atoms with Gasteiger partial charge >= 0.3 is 0 Å². The maximum absolute atomic E-state index is 5.89. The third-order valence-corrected chi connectivity index (χ3v) is 3.91. The fourth-order valence-electron chi connectivity index (χ4n) is 2.61. The normalized spacial score (nSPS) is 11.4. The van der Waals surface area contributed by atoms with Crippen molar-refractivity contribution in [2.24, 2.45) is 4.99 Å². The highest BCUT2D eigenvalue weighted by Gasteiger charge is 2.10. The number of aromatic nitrogens is 1. The standard InChI is InChI=1S/C21H16N2O/c1-15-7-5-6-10-18(15)21-23-19-13-17(11-12-20(19)24-21)22-14-16-8-3-2-4-9-16/h2-14H,1H3. The van der Waals surface area contributed by atoms with Crippen LogP contribution in [-0.4, -0.2) is 11.2 Å². The Kier molecular flexibility index (Phi) is 3.67. The summed E-state index contributed by atoms with van der Waals surface area (Å²) in [6, 6.07) is 23.9. The van der Waals surface area contributed by atoms with E-state index in [1.54, 1.807) is 0 Å². The van der Waals surface area contributed by atoms with Gasteiger partial charge < -0.3 is 4.42 Å². The summed E-state index contributed by atoms with van der Waals surface area (Å²) in [6.45, 7) is 2.06. The third kappa shape index (κ3) is 2.84. The van der Waals surface area contributed by atoms with Crippen LogP contribution in [0, 0.1) is 6.92 Å². The number of rotatable bonds is 3. The van der Waals surface area contributed by atoms with Gasteiger partial charge in [0.1, 0.15) is 5.52 Å². The van der Waals surface area contributed by atoms with E-state index >= 15 is 0 Å². The predicted octanol–water partition coefficient (Wildman–Crippen LogP) is 5.55. The molecule has 24 heavy (non-hydrogen) atoms. The van der Waals surface area contributed by atoms with Gasteiger partial charge in [0.25, 0.3) is 0 Å². The summed E-state index contributed by atoms with van der Waals surface area (Å²) in [6.07, 6.45) is 1.85. The van der Waals surface area contributed by atoms with Crippen molar-refractivity contribution in [2.75, 3.05) is 0 Å². The van der Waals surface area contributed by atoms with Crippen molar-refractivity contribution in [1.82, 2.24) is 4.98 Å². The SMILES string of the molecule is Cc1ccccc1-c1nc2cc(N=Cc3ccccc3)ccc2o1. The largest absolute Gasteiger partial charge is 0.436 e. The van der Waals surface area contributed by atoms with Gasteiger partial charge in [-0.1, -0.05) is 48.5 Å².